The molecule has 1 fully saturated rings. The molecule has 0 aromatic heterocycles. The third-order valence-corrected chi connectivity index (χ3v) is 6.64. The van der Waals surface area contributed by atoms with Crippen LogP contribution < -0.4 is 16.0 Å². The summed E-state index contributed by atoms with van der Waals surface area (Å²) in [5.41, 5.74) is 2.33. The summed E-state index contributed by atoms with van der Waals surface area (Å²) in [5, 5.41) is 9.72. The van der Waals surface area contributed by atoms with Gasteiger partial charge in [-0.2, -0.15) is 0 Å². The van der Waals surface area contributed by atoms with Gasteiger partial charge < -0.3 is 20.9 Å². The van der Waals surface area contributed by atoms with Crippen molar-refractivity contribution in [2.24, 2.45) is 5.92 Å². The van der Waals surface area contributed by atoms with E-state index in [1.54, 1.807) is 24.3 Å². The van der Waals surface area contributed by atoms with E-state index in [0.717, 1.165) is 17.7 Å². The predicted octanol–water partition coefficient (Wildman–Crippen LogP) is 4.26. The second kappa shape index (κ2) is 11.9. The van der Waals surface area contributed by atoms with Crippen LogP contribution in [0.2, 0.25) is 0 Å². The van der Waals surface area contributed by atoms with Crippen molar-refractivity contribution in [3.8, 4) is 0 Å². The molecule has 1 aliphatic heterocycles. The third kappa shape index (κ3) is 7.00. The van der Waals surface area contributed by atoms with Gasteiger partial charge in [0, 0.05) is 30.4 Å². The van der Waals surface area contributed by atoms with Crippen LogP contribution in [-0.2, 0) is 4.79 Å². The minimum Gasteiger partial charge on any atom is -0.352 e. The summed E-state index contributed by atoms with van der Waals surface area (Å²) in [6.07, 6.45) is 2.22. The number of hydrogen-bond acceptors (Lipinski definition) is 3. The van der Waals surface area contributed by atoms with Crippen molar-refractivity contribution in [2.45, 2.75) is 52.1 Å². The quantitative estimate of drug-likeness (QED) is 0.513. The molecule has 182 valence electrons. The van der Waals surface area contributed by atoms with E-state index >= 15 is 0 Å². The lowest BCUT2D eigenvalue weighted by atomic mass is 9.88. The van der Waals surface area contributed by atoms with Crippen molar-refractivity contribution >= 4 is 34.8 Å². The summed E-state index contributed by atoms with van der Waals surface area (Å²) in [4.78, 5) is 28.1. The van der Waals surface area contributed by atoms with E-state index in [1.165, 1.54) is 12.1 Å². The second-order valence-electron chi connectivity index (χ2n) is 8.90. The summed E-state index contributed by atoms with van der Waals surface area (Å²) >= 11 is 5.53. The smallest absolute Gasteiger partial charge is 0.251 e. The Morgan fingerprint density at radius 1 is 1.06 bits per heavy atom. The van der Waals surface area contributed by atoms with Crippen LogP contribution in [0.1, 0.15) is 49.0 Å². The van der Waals surface area contributed by atoms with Crippen LogP contribution in [0, 0.1) is 18.7 Å². The fraction of sp³-hybridized carbons (Fsp3) is 0.423. The highest BCUT2D eigenvalue weighted by atomic mass is 32.1. The van der Waals surface area contributed by atoms with Gasteiger partial charge in [0.1, 0.15) is 11.9 Å². The number of aryl methyl sites for hydroxylation is 1. The summed E-state index contributed by atoms with van der Waals surface area (Å²) in [6.45, 7) is 7.25. The lowest BCUT2D eigenvalue weighted by Crippen LogP contribution is -2.55. The molecule has 0 saturated carbocycles. The number of nitrogens with zero attached hydrogens (tertiary/aromatic N) is 1. The summed E-state index contributed by atoms with van der Waals surface area (Å²) in [6, 6.07) is 12.8. The Labute approximate surface area is 206 Å². The van der Waals surface area contributed by atoms with E-state index in [2.05, 4.69) is 16.0 Å². The first-order valence-electron chi connectivity index (χ1n) is 11.8. The van der Waals surface area contributed by atoms with Crippen LogP contribution >= 0.6 is 12.2 Å². The Morgan fingerprint density at radius 3 is 2.26 bits per heavy atom. The molecule has 1 heterocycles. The van der Waals surface area contributed by atoms with Gasteiger partial charge >= 0.3 is 0 Å². The highest BCUT2D eigenvalue weighted by molar-refractivity contribution is 7.80. The molecule has 8 heteroatoms. The number of benzene rings is 2. The molecular formula is C26H33FN4O2S. The molecule has 34 heavy (non-hydrogen) atoms. The monoisotopic (exact) mass is 484 g/mol. The molecule has 2 aromatic rings. The van der Waals surface area contributed by atoms with E-state index in [9.17, 15) is 14.0 Å². The topological polar surface area (TPSA) is 73.5 Å². The summed E-state index contributed by atoms with van der Waals surface area (Å²) in [7, 11) is 0. The zero-order valence-electron chi connectivity index (χ0n) is 19.9. The van der Waals surface area contributed by atoms with E-state index in [1.807, 2.05) is 37.8 Å². The molecule has 3 N–H and O–H groups in total. The van der Waals surface area contributed by atoms with E-state index in [-0.39, 0.29) is 29.6 Å². The Kier molecular flexibility index (Phi) is 8.98. The fourth-order valence-corrected chi connectivity index (χ4v) is 4.23. The molecule has 6 nitrogen and oxygen atoms in total. The van der Waals surface area contributed by atoms with Crippen molar-refractivity contribution in [2.75, 3.05) is 18.4 Å². The zero-order chi connectivity index (χ0) is 24.7. The first kappa shape index (κ1) is 25.6. The Morgan fingerprint density at radius 2 is 1.68 bits per heavy atom. The maximum Gasteiger partial charge on any atom is 0.251 e. The van der Waals surface area contributed by atoms with Crippen LogP contribution in [0.25, 0.3) is 0 Å². The number of hydrogen-bond donors (Lipinski definition) is 3. The number of halogens is 1. The van der Waals surface area contributed by atoms with Crippen LogP contribution in [-0.4, -0.2) is 47.0 Å². The van der Waals surface area contributed by atoms with Gasteiger partial charge in [-0.1, -0.05) is 24.6 Å². The Bertz CT molecular complexity index is 989. The second-order valence-corrected chi connectivity index (χ2v) is 9.28. The molecule has 0 unspecified atom stereocenters. The SMILES string of the molecule is CC[C@@H](C)NC(=O)[C@H](NC(=O)c1ccc(C)cc1)C1CCN(C(=S)Nc2ccc(F)cc2)CC1. The zero-order valence-corrected chi connectivity index (χ0v) is 20.8. The summed E-state index contributed by atoms with van der Waals surface area (Å²) in [5.74, 6) is -0.712. The van der Waals surface area contributed by atoms with E-state index < -0.39 is 6.04 Å². The van der Waals surface area contributed by atoms with Gasteiger partial charge in [0.2, 0.25) is 5.91 Å². The highest BCUT2D eigenvalue weighted by Crippen LogP contribution is 2.23. The molecule has 2 aromatic carbocycles. The first-order chi connectivity index (χ1) is 16.3. The number of likely N-dealkylation sites (tertiary alicyclic amines) is 1. The van der Waals surface area contributed by atoms with Gasteiger partial charge in [0.05, 0.1) is 0 Å². The predicted molar refractivity (Wildman–Crippen MR) is 137 cm³/mol. The average Bonchev–Trinajstić information content (AvgIpc) is 2.84. The highest BCUT2D eigenvalue weighted by Gasteiger charge is 2.34. The lowest BCUT2D eigenvalue weighted by molar-refractivity contribution is -0.125. The number of carbonyl (C=O) groups excluding carboxylic acids is 2. The minimum atomic E-state index is -0.622. The maximum absolute atomic E-state index is 13.1. The molecule has 3 rings (SSSR count). The number of amides is 2. The molecule has 0 spiro atoms. The maximum atomic E-state index is 13.1. The standard InChI is InChI=1S/C26H33FN4O2S/c1-4-18(3)28-25(33)23(30-24(32)20-7-5-17(2)6-8-20)19-13-15-31(16-14-19)26(34)29-22-11-9-21(27)10-12-22/h5-12,18-19,23H,4,13-16H2,1-3H3,(H,28,33)(H,29,34)(H,30,32)/t18-,23-/m1/s1. The first-order valence-corrected chi connectivity index (χ1v) is 12.2. The fourth-order valence-electron chi connectivity index (χ4n) is 3.93. The molecular weight excluding hydrogens is 451 g/mol. The van der Waals surface area contributed by atoms with Crippen molar-refractivity contribution < 1.29 is 14.0 Å². The molecule has 0 bridgehead atoms. The number of rotatable bonds is 7. The Balaban J connectivity index is 1.64. The molecule has 1 aliphatic rings. The number of piperidine rings is 1. The number of anilines is 1. The van der Waals surface area contributed by atoms with Crippen molar-refractivity contribution in [1.82, 2.24) is 15.5 Å². The number of thiocarbonyl (C=S) groups is 1. The molecule has 1 saturated heterocycles. The average molecular weight is 485 g/mol. The third-order valence-electron chi connectivity index (χ3n) is 6.28. The Hall–Kier alpha value is -3.00. The van der Waals surface area contributed by atoms with Crippen molar-refractivity contribution in [3.63, 3.8) is 0 Å². The molecule has 2 atom stereocenters. The minimum absolute atomic E-state index is 0.0108. The van der Waals surface area contributed by atoms with Crippen LogP contribution in [0.5, 0.6) is 0 Å². The van der Waals surface area contributed by atoms with Crippen LogP contribution in [0.4, 0.5) is 10.1 Å². The number of carbonyl (C=O) groups is 2. The van der Waals surface area contributed by atoms with Gasteiger partial charge in [-0.15, -0.1) is 0 Å². The van der Waals surface area contributed by atoms with Gasteiger partial charge in [-0.3, -0.25) is 9.59 Å². The number of nitrogens with one attached hydrogen (secondary N) is 3. The van der Waals surface area contributed by atoms with Gasteiger partial charge in [0.15, 0.2) is 5.11 Å². The van der Waals surface area contributed by atoms with E-state index in [0.29, 0.717) is 36.6 Å². The largest absolute Gasteiger partial charge is 0.352 e. The summed E-state index contributed by atoms with van der Waals surface area (Å²) < 4.78 is 13.1. The molecule has 2 amide bonds. The molecule has 0 aliphatic carbocycles. The van der Waals surface area contributed by atoms with Crippen molar-refractivity contribution in [3.05, 3.63) is 65.5 Å². The van der Waals surface area contributed by atoms with Crippen molar-refractivity contribution in [1.29, 1.82) is 0 Å². The van der Waals surface area contributed by atoms with E-state index in [4.69, 9.17) is 12.2 Å². The van der Waals surface area contributed by atoms with Gasteiger partial charge in [0.25, 0.3) is 5.91 Å². The normalized spacial score (nSPS) is 15.8. The van der Waals surface area contributed by atoms with Gasteiger partial charge in [-0.25, -0.2) is 4.39 Å². The van der Waals surface area contributed by atoms with Gasteiger partial charge in [-0.05, 0) is 87.6 Å². The lowest BCUT2D eigenvalue weighted by Gasteiger charge is -2.37. The molecule has 0 radical (unpaired) electrons. The van der Waals surface area contributed by atoms with Crippen LogP contribution in [0.3, 0.4) is 0 Å². The van der Waals surface area contributed by atoms with Crippen LogP contribution in [0.15, 0.2) is 48.5 Å².